The van der Waals surface area contributed by atoms with Gasteiger partial charge in [-0.15, -0.1) is 0 Å². The van der Waals surface area contributed by atoms with Gasteiger partial charge in [-0.25, -0.2) is 0 Å². The molecule has 0 saturated heterocycles. The Hall–Kier alpha value is -0.660. The fourth-order valence-corrected chi connectivity index (χ4v) is 0.515. The van der Waals surface area contributed by atoms with Crippen molar-refractivity contribution in [2.24, 2.45) is 0 Å². The molecule has 0 spiro atoms. The van der Waals surface area contributed by atoms with Crippen molar-refractivity contribution < 1.29 is 0 Å². The third-order valence-corrected chi connectivity index (χ3v) is 0.829. The molecule has 0 aliphatic carbocycles. The second-order valence-corrected chi connectivity index (χ2v) is 1.62. The molecule has 2 radical (unpaired) electrons. The molecule has 1 heterocycles. The minimum atomic E-state index is 1.88. The van der Waals surface area contributed by atoms with Gasteiger partial charge in [0.1, 0.15) is 0 Å². The van der Waals surface area contributed by atoms with Crippen molar-refractivity contribution in [3.63, 3.8) is 0 Å². The third-order valence-electron chi connectivity index (χ3n) is 0.829. The maximum absolute atomic E-state index is 2.97. The van der Waals surface area contributed by atoms with Crippen LogP contribution in [0.4, 0.5) is 0 Å². The fraction of sp³-hybridized carbons (Fsp3) is 0.400. The van der Waals surface area contributed by atoms with E-state index in [4.69, 9.17) is 0 Å². The highest BCUT2D eigenvalue weighted by Gasteiger charge is 2.02. The second-order valence-electron chi connectivity index (χ2n) is 1.62. The van der Waals surface area contributed by atoms with Crippen molar-refractivity contribution in [2.45, 2.75) is 0 Å². The van der Waals surface area contributed by atoms with Crippen LogP contribution in [-0.4, -0.2) is 23.9 Å². The second kappa shape index (κ2) is 1.45. The first kappa shape index (κ1) is 4.50. The Kier molecular flexibility index (Phi) is 0.929. The largest absolute Gasteiger partial charge is 0.349 e. The molecule has 0 saturated carbocycles. The van der Waals surface area contributed by atoms with Gasteiger partial charge in [0.15, 0.2) is 0 Å². The molecule has 0 aromatic carbocycles. The molecule has 1 aliphatic rings. The highest BCUT2D eigenvalue weighted by molar-refractivity contribution is 4.92. The lowest BCUT2D eigenvalue weighted by Crippen LogP contribution is -2.10. The third kappa shape index (κ3) is 0.856. The van der Waals surface area contributed by atoms with Crippen LogP contribution in [0.1, 0.15) is 0 Å². The maximum atomic E-state index is 2.97. The zero-order valence-corrected chi connectivity index (χ0v) is 4.55. The van der Waals surface area contributed by atoms with Gasteiger partial charge in [-0.2, -0.15) is 0 Å². The average molecular weight is 96.1 g/mol. The predicted molar refractivity (Wildman–Crippen MR) is 27.9 cm³/mol. The van der Waals surface area contributed by atoms with E-state index in [0.717, 1.165) is 0 Å². The summed E-state index contributed by atoms with van der Waals surface area (Å²) in [6, 6.07) is 0. The van der Waals surface area contributed by atoms with Crippen molar-refractivity contribution in [3.8, 4) is 0 Å². The van der Waals surface area contributed by atoms with Crippen LogP contribution >= 0.6 is 0 Å². The van der Waals surface area contributed by atoms with Gasteiger partial charge in [-0.3, -0.25) is 0 Å². The zero-order valence-electron chi connectivity index (χ0n) is 4.55. The van der Waals surface area contributed by atoms with Crippen LogP contribution in [0.25, 0.3) is 0 Å². The smallest absolute Gasteiger partial charge is 0.207 e. The van der Waals surface area contributed by atoms with E-state index in [1.165, 1.54) is 0 Å². The Labute approximate surface area is 44.0 Å². The Balaban J connectivity index is 2.42. The van der Waals surface area contributed by atoms with Crippen molar-refractivity contribution in [2.75, 3.05) is 14.1 Å². The molecule has 0 atom stereocenters. The normalized spacial score (nSPS) is 19.1. The van der Waals surface area contributed by atoms with Gasteiger partial charge in [0.05, 0.1) is 0 Å². The summed E-state index contributed by atoms with van der Waals surface area (Å²) in [6.07, 6.45) is 3.89. The zero-order chi connectivity index (χ0) is 5.28. The molecule has 0 N–H and O–H groups in total. The number of nitrogens with zero attached hydrogens (tertiary/aromatic N) is 2. The Bertz CT molecular complexity index is 78.1. The molecule has 0 unspecified atom stereocenters. The average Bonchev–Trinajstić information content (AvgIpc) is 1.87. The molecule has 1 rings (SSSR count). The van der Waals surface area contributed by atoms with Crippen LogP contribution < -0.4 is 0 Å². The van der Waals surface area contributed by atoms with Crippen LogP contribution in [0.5, 0.6) is 0 Å². The lowest BCUT2D eigenvalue weighted by atomic mass is 10.9. The summed E-state index contributed by atoms with van der Waals surface area (Å²) in [5, 5.41) is 0. The van der Waals surface area contributed by atoms with Crippen molar-refractivity contribution in [3.05, 3.63) is 19.1 Å². The standard InChI is InChI=1S/C5H8N2/c1-6-3-4-7(2)5-6/h3-4H,1-2H3. The van der Waals surface area contributed by atoms with E-state index in [9.17, 15) is 0 Å². The molecule has 38 valence electrons. The first-order valence-electron chi connectivity index (χ1n) is 2.19. The first-order valence-corrected chi connectivity index (χ1v) is 2.19. The van der Waals surface area contributed by atoms with E-state index in [2.05, 4.69) is 6.67 Å². The molecular formula is C5H8N2. The molecule has 0 aromatic heterocycles. The molecular weight excluding hydrogens is 88.1 g/mol. The topological polar surface area (TPSA) is 6.48 Å². The van der Waals surface area contributed by atoms with E-state index in [1.807, 2.05) is 36.3 Å². The summed E-state index contributed by atoms with van der Waals surface area (Å²) in [5.74, 6) is 0. The van der Waals surface area contributed by atoms with E-state index >= 15 is 0 Å². The predicted octanol–water partition coefficient (Wildman–Crippen LogP) is 0.331. The number of hydrogen-bond donors (Lipinski definition) is 0. The summed E-state index contributed by atoms with van der Waals surface area (Å²) in [6.45, 7) is 2.97. The minimum Gasteiger partial charge on any atom is -0.349 e. The summed E-state index contributed by atoms with van der Waals surface area (Å²) in [7, 11) is 3.89. The van der Waals surface area contributed by atoms with Crippen molar-refractivity contribution in [1.29, 1.82) is 0 Å². The highest BCUT2D eigenvalue weighted by atomic mass is 15.3. The molecule has 0 fully saturated rings. The number of rotatable bonds is 0. The summed E-state index contributed by atoms with van der Waals surface area (Å²) < 4.78 is 0. The van der Waals surface area contributed by atoms with E-state index in [1.54, 1.807) is 0 Å². The summed E-state index contributed by atoms with van der Waals surface area (Å²) in [4.78, 5) is 3.75. The fourth-order valence-electron chi connectivity index (χ4n) is 0.515. The molecule has 1 aliphatic heterocycles. The minimum absolute atomic E-state index is 1.88. The van der Waals surface area contributed by atoms with Crippen LogP contribution in [0.15, 0.2) is 12.4 Å². The van der Waals surface area contributed by atoms with E-state index in [-0.39, 0.29) is 0 Å². The van der Waals surface area contributed by atoms with Gasteiger partial charge in [0.25, 0.3) is 0 Å². The van der Waals surface area contributed by atoms with Crippen molar-refractivity contribution in [1.82, 2.24) is 9.80 Å². The van der Waals surface area contributed by atoms with Gasteiger partial charge in [0.2, 0.25) is 6.67 Å². The quantitative estimate of drug-likeness (QED) is 0.429. The van der Waals surface area contributed by atoms with Crippen LogP contribution in [-0.2, 0) is 0 Å². The van der Waals surface area contributed by atoms with Crippen LogP contribution in [0.2, 0.25) is 0 Å². The SMILES string of the molecule is CN1[C]N(C)C=C1. The molecule has 0 bridgehead atoms. The first-order chi connectivity index (χ1) is 3.29. The maximum Gasteiger partial charge on any atom is 0.207 e. The summed E-state index contributed by atoms with van der Waals surface area (Å²) in [5.41, 5.74) is 0. The van der Waals surface area contributed by atoms with Gasteiger partial charge in [-0.05, 0) is 0 Å². The lowest BCUT2D eigenvalue weighted by molar-refractivity contribution is 0.433. The van der Waals surface area contributed by atoms with Gasteiger partial charge in [0, 0.05) is 26.5 Å². The van der Waals surface area contributed by atoms with E-state index in [0.29, 0.717) is 0 Å². The van der Waals surface area contributed by atoms with Crippen LogP contribution in [0, 0.1) is 6.67 Å². The van der Waals surface area contributed by atoms with Gasteiger partial charge >= 0.3 is 0 Å². The van der Waals surface area contributed by atoms with Crippen LogP contribution in [0.3, 0.4) is 0 Å². The molecule has 0 aromatic rings. The highest BCUT2D eigenvalue weighted by Crippen LogP contribution is 2.03. The monoisotopic (exact) mass is 96.1 g/mol. The lowest BCUT2D eigenvalue weighted by Gasteiger charge is -2.07. The molecule has 2 heteroatoms. The molecule has 7 heavy (non-hydrogen) atoms. The van der Waals surface area contributed by atoms with Gasteiger partial charge < -0.3 is 9.80 Å². The Morgan fingerprint density at radius 3 is 1.71 bits per heavy atom. The van der Waals surface area contributed by atoms with E-state index < -0.39 is 0 Å². The van der Waals surface area contributed by atoms with Gasteiger partial charge in [-0.1, -0.05) is 0 Å². The molecule has 2 nitrogen and oxygen atoms in total. The molecule has 0 amide bonds. The van der Waals surface area contributed by atoms with Crippen molar-refractivity contribution >= 4 is 0 Å². The Morgan fingerprint density at radius 1 is 1.14 bits per heavy atom. The Morgan fingerprint density at radius 2 is 1.57 bits per heavy atom. The number of hydrogen-bond acceptors (Lipinski definition) is 2. The summed E-state index contributed by atoms with van der Waals surface area (Å²) >= 11 is 0.